The first-order valence-electron chi connectivity index (χ1n) is 7.18. The molecule has 128 valence electrons. The Morgan fingerprint density at radius 1 is 1.12 bits per heavy atom. The molecule has 1 unspecified atom stereocenters. The maximum absolute atomic E-state index is 13.7. The minimum absolute atomic E-state index is 0.147. The van der Waals surface area contributed by atoms with Crippen molar-refractivity contribution in [1.82, 2.24) is 5.32 Å². The van der Waals surface area contributed by atoms with Crippen molar-refractivity contribution in [3.8, 4) is 0 Å². The highest BCUT2D eigenvalue weighted by atomic mass is 19.1. The predicted molar refractivity (Wildman–Crippen MR) is 84.1 cm³/mol. The number of aryl methyl sites for hydroxylation is 1. The van der Waals surface area contributed by atoms with E-state index < -0.39 is 29.1 Å². The Kier molecular flexibility index (Phi) is 5.14. The average molecular weight is 338 g/mol. The zero-order valence-corrected chi connectivity index (χ0v) is 13.2. The third kappa shape index (κ3) is 4.26. The van der Waals surface area contributed by atoms with Crippen LogP contribution >= 0.6 is 0 Å². The molecule has 2 amide bonds. The van der Waals surface area contributed by atoms with Crippen LogP contribution in [0.4, 0.5) is 23.7 Å². The van der Waals surface area contributed by atoms with Gasteiger partial charge in [-0.05, 0) is 37.6 Å². The number of urea groups is 1. The summed E-state index contributed by atoms with van der Waals surface area (Å²) in [5, 5.41) is 15.1. The zero-order valence-electron chi connectivity index (χ0n) is 13.2. The Morgan fingerprint density at radius 2 is 1.75 bits per heavy atom. The molecule has 0 saturated heterocycles. The van der Waals surface area contributed by atoms with Crippen molar-refractivity contribution in [3.63, 3.8) is 0 Å². The van der Waals surface area contributed by atoms with E-state index in [1.807, 2.05) is 0 Å². The number of rotatable bonds is 4. The second-order valence-corrected chi connectivity index (χ2v) is 5.66. The molecule has 2 aromatic carbocycles. The summed E-state index contributed by atoms with van der Waals surface area (Å²) in [5.74, 6) is -2.18. The van der Waals surface area contributed by atoms with Crippen LogP contribution in [-0.4, -0.2) is 17.7 Å². The number of hydrogen-bond acceptors (Lipinski definition) is 2. The van der Waals surface area contributed by atoms with Gasteiger partial charge in [-0.3, -0.25) is 0 Å². The number of aliphatic hydroxyl groups is 1. The van der Waals surface area contributed by atoms with Crippen LogP contribution in [0.1, 0.15) is 18.1 Å². The largest absolute Gasteiger partial charge is 0.383 e. The number of nitrogens with one attached hydrogen (secondary N) is 2. The van der Waals surface area contributed by atoms with Gasteiger partial charge in [-0.1, -0.05) is 12.1 Å². The van der Waals surface area contributed by atoms with Gasteiger partial charge in [0, 0.05) is 17.3 Å². The van der Waals surface area contributed by atoms with Crippen LogP contribution in [-0.2, 0) is 5.60 Å². The molecule has 1 atom stereocenters. The minimum Gasteiger partial charge on any atom is -0.383 e. The van der Waals surface area contributed by atoms with E-state index >= 15 is 0 Å². The van der Waals surface area contributed by atoms with E-state index in [2.05, 4.69) is 10.6 Å². The number of benzene rings is 2. The third-order valence-corrected chi connectivity index (χ3v) is 3.55. The molecule has 0 spiro atoms. The molecule has 3 N–H and O–H groups in total. The summed E-state index contributed by atoms with van der Waals surface area (Å²) in [4.78, 5) is 11.9. The highest BCUT2D eigenvalue weighted by Gasteiger charge is 2.27. The number of anilines is 1. The van der Waals surface area contributed by atoms with E-state index in [0.717, 1.165) is 18.2 Å². The van der Waals surface area contributed by atoms with Crippen LogP contribution in [0.5, 0.6) is 0 Å². The standard InChI is InChI=1S/C17H17F3N2O2/c1-10-3-4-12(19)8-15(10)22-16(23)21-9-17(2,24)13-6-5-11(18)7-14(13)20/h3-8,24H,9H2,1-2H3,(H2,21,22,23). The van der Waals surface area contributed by atoms with Crippen molar-refractivity contribution < 1.29 is 23.1 Å². The smallest absolute Gasteiger partial charge is 0.319 e. The maximum atomic E-state index is 13.7. The quantitative estimate of drug-likeness (QED) is 0.800. The molecule has 0 aromatic heterocycles. The number of halogens is 3. The first-order valence-corrected chi connectivity index (χ1v) is 7.18. The lowest BCUT2D eigenvalue weighted by Gasteiger charge is -2.25. The molecule has 7 heteroatoms. The lowest BCUT2D eigenvalue weighted by Crippen LogP contribution is -2.41. The molecular formula is C17H17F3N2O2. The second-order valence-electron chi connectivity index (χ2n) is 5.66. The molecule has 0 aliphatic rings. The average Bonchev–Trinajstić information content (AvgIpc) is 2.49. The highest BCUT2D eigenvalue weighted by Crippen LogP contribution is 2.23. The van der Waals surface area contributed by atoms with E-state index in [0.29, 0.717) is 11.6 Å². The Labute approximate surface area is 137 Å². The van der Waals surface area contributed by atoms with Gasteiger partial charge in [-0.15, -0.1) is 0 Å². The van der Waals surface area contributed by atoms with Crippen molar-refractivity contribution in [2.24, 2.45) is 0 Å². The van der Waals surface area contributed by atoms with Crippen LogP contribution in [0.25, 0.3) is 0 Å². The Bertz CT molecular complexity index is 763. The topological polar surface area (TPSA) is 61.4 Å². The van der Waals surface area contributed by atoms with Gasteiger partial charge < -0.3 is 15.7 Å². The van der Waals surface area contributed by atoms with Gasteiger partial charge in [0.15, 0.2) is 0 Å². The van der Waals surface area contributed by atoms with Crippen LogP contribution in [0.15, 0.2) is 36.4 Å². The summed E-state index contributed by atoms with van der Waals surface area (Å²) in [5.41, 5.74) is -0.958. The summed E-state index contributed by atoms with van der Waals surface area (Å²) < 4.78 is 39.9. The fourth-order valence-corrected chi connectivity index (χ4v) is 2.17. The monoisotopic (exact) mass is 338 g/mol. The van der Waals surface area contributed by atoms with Crippen LogP contribution < -0.4 is 10.6 Å². The predicted octanol–water partition coefficient (Wildman–Crippen LogP) is 3.44. The van der Waals surface area contributed by atoms with E-state index in [4.69, 9.17) is 0 Å². The van der Waals surface area contributed by atoms with Gasteiger partial charge >= 0.3 is 6.03 Å². The maximum Gasteiger partial charge on any atom is 0.319 e. The Hall–Kier alpha value is -2.54. The lowest BCUT2D eigenvalue weighted by molar-refractivity contribution is 0.0561. The fraction of sp³-hybridized carbons (Fsp3) is 0.235. The van der Waals surface area contributed by atoms with Crippen LogP contribution in [0.2, 0.25) is 0 Å². The molecular weight excluding hydrogens is 321 g/mol. The minimum atomic E-state index is -1.74. The molecule has 0 aliphatic heterocycles. The first kappa shape index (κ1) is 17.8. The molecule has 0 bridgehead atoms. The molecule has 0 radical (unpaired) electrons. The number of amides is 2. The molecule has 0 fully saturated rings. The fourth-order valence-electron chi connectivity index (χ4n) is 2.17. The van der Waals surface area contributed by atoms with Crippen LogP contribution in [0, 0.1) is 24.4 Å². The molecule has 0 heterocycles. The summed E-state index contributed by atoms with van der Waals surface area (Å²) in [6.07, 6.45) is 0. The third-order valence-electron chi connectivity index (χ3n) is 3.55. The van der Waals surface area contributed by atoms with Crippen molar-refractivity contribution in [2.75, 3.05) is 11.9 Å². The molecule has 2 rings (SSSR count). The highest BCUT2D eigenvalue weighted by molar-refractivity contribution is 5.90. The van der Waals surface area contributed by atoms with E-state index in [1.54, 1.807) is 6.92 Å². The van der Waals surface area contributed by atoms with E-state index in [9.17, 15) is 23.1 Å². The zero-order chi connectivity index (χ0) is 17.9. The van der Waals surface area contributed by atoms with Crippen LogP contribution in [0.3, 0.4) is 0 Å². The second kappa shape index (κ2) is 6.92. The summed E-state index contributed by atoms with van der Waals surface area (Å²) in [7, 11) is 0. The number of hydrogen-bond donors (Lipinski definition) is 3. The molecule has 0 aliphatic carbocycles. The number of carbonyl (C=O) groups excluding carboxylic acids is 1. The molecule has 0 saturated carbocycles. The molecule has 24 heavy (non-hydrogen) atoms. The van der Waals surface area contributed by atoms with Gasteiger partial charge in [0.2, 0.25) is 0 Å². The SMILES string of the molecule is Cc1ccc(F)cc1NC(=O)NCC(C)(O)c1ccc(F)cc1F. The summed E-state index contributed by atoms with van der Waals surface area (Å²) in [6.45, 7) is 2.66. The van der Waals surface area contributed by atoms with Crippen molar-refractivity contribution in [3.05, 3.63) is 65.0 Å². The molecule has 2 aromatic rings. The van der Waals surface area contributed by atoms with E-state index in [1.165, 1.54) is 19.1 Å². The Balaban J connectivity index is 2.03. The van der Waals surface area contributed by atoms with Gasteiger partial charge in [0.25, 0.3) is 0 Å². The van der Waals surface area contributed by atoms with Crippen molar-refractivity contribution >= 4 is 11.7 Å². The van der Waals surface area contributed by atoms with E-state index in [-0.39, 0.29) is 17.8 Å². The number of carbonyl (C=O) groups is 1. The first-order chi connectivity index (χ1) is 11.2. The normalized spacial score (nSPS) is 13.2. The summed E-state index contributed by atoms with van der Waals surface area (Å²) >= 11 is 0. The summed E-state index contributed by atoms with van der Waals surface area (Å²) in [6, 6.07) is 6.03. The van der Waals surface area contributed by atoms with Crippen molar-refractivity contribution in [2.45, 2.75) is 19.4 Å². The lowest BCUT2D eigenvalue weighted by atomic mass is 9.95. The van der Waals surface area contributed by atoms with Gasteiger partial charge in [0.1, 0.15) is 23.1 Å². The Morgan fingerprint density at radius 3 is 2.42 bits per heavy atom. The van der Waals surface area contributed by atoms with Gasteiger partial charge in [-0.25, -0.2) is 18.0 Å². The van der Waals surface area contributed by atoms with Gasteiger partial charge in [0.05, 0.1) is 6.54 Å². The van der Waals surface area contributed by atoms with Gasteiger partial charge in [-0.2, -0.15) is 0 Å². The molecule has 4 nitrogen and oxygen atoms in total. The van der Waals surface area contributed by atoms with Crippen molar-refractivity contribution in [1.29, 1.82) is 0 Å².